The van der Waals surface area contributed by atoms with Gasteiger partial charge < -0.3 is 9.88 Å². The lowest BCUT2D eigenvalue weighted by atomic mass is 10.2. The van der Waals surface area contributed by atoms with Gasteiger partial charge in [-0.2, -0.15) is 16.1 Å². The highest BCUT2D eigenvalue weighted by Gasteiger charge is 2.29. The Morgan fingerprint density at radius 2 is 1.76 bits per heavy atom. The molecular weight excluding hydrogens is 360 g/mol. The molecule has 1 aromatic rings. The van der Waals surface area contributed by atoms with Crippen LogP contribution in [0.2, 0.25) is 0 Å². The first kappa shape index (κ1) is 18.8. The summed E-state index contributed by atoms with van der Waals surface area (Å²) in [5, 5.41) is 0. The van der Waals surface area contributed by atoms with Gasteiger partial charge in [-0.05, 0) is 19.9 Å². The number of thioether (sulfide) groups is 1. The summed E-state index contributed by atoms with van der Waals surface area (Å²) in [5.74, 6) is 1.50. The lowest BCUT2D eigenvalue weighted by molar-refractivity contribution is 0.0590. The number of H-pyrrole nitrogens is 1. The Hall–Kier alpha value is -1.03. The van der Waals surface area contributed by atoms with Crippen molar-refractivity contribution in [1.29, 1.82) is 0 Å². The molecule has 9 heteroatoms. The number of hydrogen-bond donors (Lipinski definition) is 1. The monoisotopic (exact) mass is 386 g/mol. The van der Waals surface area contributed by atoms with Crippen LogP contribution in [0.4, 0.5) is 0 Å². The Labute approximate surface area is 153 Å². The van der Waals surface area contributed by atoms with Gasteiger partial charge in [0.1, 0.15) is 10.6 Å². The predicted octanol–water partition coefficient (Wildman–Crippen LogP) is 0.918. The highest BCUT2D eigenvalue weighted by atomic mass is 32.2. The van der Waals surface area contributed by atoms with E-state index < -0.39 is 10.0 Å². The smallest absolute Gasteiger partial charge is 0.270 e. The summed E-state index contributed by atoms with van der Waals surface area (Å²) < 4.78 is 26.9. The summed E-state index contributed by atoms with van der Waals surface area (Å²) in [4.78, 5) is 19.8. The summed E-state index contributed by atoms with van der Waals surface area (Å²) in [6.07, 6.45) is 1.44. The number of carbonyl (C=O) groups is 1. The lowest BCUT2D eigenvalue weighted by Crippen LogP contribution is -2.50. The van der Waals surface area contributed by atoms with Crippen molar-refractivity contribution < 1.29 is 13.2 Å². The Kier molecular flexibility index (Phi) is 5.77. The second kappa shape index (κ2) is 7.69. The van der Waals surface area contributed by atoms with Crippen LogP contribution in [0.3, 0.4) is 0 Å². The van der Waals surface area contributed by atoms with Gasteiger partial charge in [0.2, 0.25) is 10.0 Å². The Morgan fingerprint density at radius 3 is 2.36 bits per heavy atom. The number of hydrogen-bond acceptors (Lipinski definition) is 5. The maximum absolute atomic E-state index is 12.7. The van der Waals surface area contributed by atoms with Crippen molar-refractivity contribution in [2.45, 2.75) is 24.8 Å². The summed E-state index contributed by atoms with van der Waals surface area (Å²) in [6.45, 7) is 8.39. The standard InChI is InChI=1S/C16H26N4O3S2/c1-13(2)18-3-5-19(6-4-18)16(21)15-11-14(12-17-15)25(22,23)20-7-9-24-10-8-20/h11-13,17H,3-10H2,1-2H3. The van der Waals surface area contributed by atoms with E-state index in [4.69, 9.17) is 0 Å². The third-order valence-electron chi connectivity index (χ3n) is 4.83. The molecule has 2 aliphatic rings. The van der Waals surface area contributed by atoms with Crippen LogP contribution < -0.4 is 0 Å². The fourth-order valence-electron chi connectivity index (χ4n) is 3.19. The van der Waals surface area contributed by atoms with Gasteiger partial charge in [-0.15, -0.1) is 0 Å². The first-order chi connectivity index (χ1) is 11.9. The van der Waals surface area contributed by atoms with Crippen LogP contribution in [0.25, 0.3) is 0 Å². The number of aromatic nitrogens is 1. The van der Waals surface area contributed by atoms with Crippen molar-refractivity contribution in [2.75, 3.05) is 50.8 Å². The van der Waals surface area contributed by atoms with Crippen LogP contribution in [-0.2, 0) is 10.0 Å². The predicted molar refractivity (Wildman–Crippen MR) is 99.5 cm³/mol. The first-order valence-corrected chi connectivity index (χ1v) is 11.3. The molecule has 140 valence electrons. The van der Waals surface area contributed by atoms with E-state index >= 15 is 0 Å². The van der Waals surface area contributed by atoms with Crippen molar-refractivity contribution in [3.05, 3.63) is 18.0 Å². The van der Waals surface area contributed by atoms with Crippen molar-refractivity contribution >= 4 is 27.7 Å². The Morgan fingerprint density at radius 1 is 1.12 bits per heavy atom. The molecule has 1 amide bonds. The Bertz CT molecular complexity index is 703. The second-order valence-corrected chi connectivity index (χ2v) is 9.85. The van der Waals surface area contributed by atoms with Gasteiger partial charge in [-0.3, -0.25) is 9.69 Å². The molecule has 0 bridgehead atoms. The quantitative estimate of drug-likeness (QED) is 0.833. The van der Waals surface area contributed by atoms with E-state index in [-0.39, 0.29) is 10.8 Å². The van der Waals surface area contributed by atoms with Crippen LogP contribution in [-0.4, -0.2) is 90.2 Å². The fraction of sp³-hybridized carbons (Fsp3) is 0.688. The van der Waals surface area contributed by atoms with E-state index in [1.165, 1.54) is 16.6 Å². The molecule has 25 heavy (non-hydrogen) atoms. The molecule has 0 aromatic carbocycles. The van der Waals surface area contributed by atoms with E-state index in [1.807, 2.05) is 0 Å². The van der Waals surface area contributed by atoms with Crippen molar-refractivity contribution in [3.63, 3.8) is 0 Å². The zero-order chi connectivity index (χ0) is 18.0. The van der Waals surface area contributed by atoms with Crippen LogP contribution in [0.5, 0.6) is 0 Å². The third kappa shape index (κ3) is 4.05. The number of rotatable bonds is 4. The van der Waals surface area contributed by atoms with Crippen molar-refractivity contribution in [3.8, 4) is 0 Å². The zero-order valence-electron chi connectivity index (χ0n) is 14.8. The van der Waals surface area contributed by atoms with Gasteiger partial charge in [0.15, 0.2) is 0 Å². The minimum atomic E-state index is -3.52. The van der Waals surface area contributed by atoms with Crippen LogP contribution in [0.15, 0.2) is 17.2 Å². The highest BCUT2D eigenvalue weighted by Crippen LogP contribution is 2.21. The molecule has 3 rings (SSSR count). The van der Waals surface area contributed by atoms with Gasteiger partial charge in [-0.1, -0.05) is 0 Å². The van der Waals surface area contributed by atoms with Crippen LogP contribution in [0.1, 0.15) is 24.3 Å². The van der Waals surface area contributed by atoms with Crippen molar-refractivity contribution in [2.24, 2.45) is 0 Å². The third-order valence-corrected chi connectivity index (χ3v) is 7.65. The molecule has 0 radical (unpaired) electrons. The summed E-state index contributed by atoms with van der Waals surface area (Å²) in [5.41, 5.74) is 0.350. The molecule has 0 saturated carbocycles. The molecule has 1 aromatic heterocycles. The summed E-state index contributed by atoms with van der Waals surface area (Å²) in [7, 11) is -3.52. The first-order valence-electron chi connectivity index (χ1n) is 8.69. The van der Waals surface area contributed by atoms with Gasteiger partial charge >= 0.3 is 0 Å². The SMILES string of the molecule is CC(C)N1CCN(C(=O)c2cc(S(=O)(=O)N3CCSCC3)c[nH]2)CC1. The zero-order valence-corrected chi connectivity index (χ0v) is 16.4. The maximum atomic E-state index is 12.7. The van der Waals surface area contributed by atoms with E-state index in [0.717, 1.165) is 24.6 Å². The molecule has 1 N–H and O–H groups in total. The molecule has 2 fully saturated rings. The maximum Gasteiger partial charge on any atom is 0.270 e. The van der Waals surface area contributed by atoms with E-state index in [1.54, 1.807) is 16.7 Å². The van der Waals surface area contributed by atoms with Crippen LogP contribution in [0, 0.1) is 0 Å². The van der Waals surface area contributed by atoms with E-state index in [2.05, 4.69) is 23.7 Å². The van der Waals surface area contributed by atoms with E-state index in [0.29, 0.717) is 37.9 Å². The Balaban J connectivity index is 1.68. The molecule has 3 heterocycles. The van der Waals surface area contributed by atoms with Gasteiger partial charge in [0.25, 0.3) is 5.91 Å². The largest absolute Gasteiger partial charge is 0.356 e. The lowest BCUT2D eigenvalue weighted by Gasteiger charge is -2.36. The normalized spacial score (nSPS) is 21.0. The number of nitrogens with zero attached hydrogens (tertiary/aromatic N) is 3. The number of carbonyl (C=O) groups excluding carboxylic acids is 1. The number of sulfonamides is 1. The molecular formula is C16H26N4O3S2. The van der Waals surface area contributed by atoms with Gasteiger partial charge in [-0.25, -0.2) is 8.42 Å². The average molecular weight is 387 g/mol. The minimum Gasteiger partial charge on any atom is -0.356 e. The van der Waals surface area contributed by atoms with E-state index in [9.17, 15) is 13.2 Å². The number of aromatic amines is 1. The van der Waals surface area contributed by atoms with Crippen LogP contribution >= 0.6 is 11.8 Å². The molecule has 0 unspecified atom stereocenters. The van der Waals surface area contributed by atoms with Gasteiger partial charge in [0.05, 0.1) is 0 Å². The highest BCUT2D eigenvalue weighted by molar-refractivity contribution is 7.99. The topological polar surface area (TPSA) is 76.7 Å². The average Bonchev–Trinajstić information content (AvgIpc) is 3.13. The summed E-state index contributed by atoms with van der Waals surface area (Å²) in [6, 6.07) is 1.95. The number of piperazine rings is 1. The van der Waals surface area contributed by atoms with Crippen molar-refractivity contribution in [1.82, 2.24) is 19.1 Å². The second-order valence-electron chi connectivity index (χ2n) is 6.69. The number of nitrogens with one attached hydrogen (secondary N) is 1. The molecule has 7 nitrogen and oxygen atoms in total. The molecule has 0 aliphatic carbocycles. The van der Waals surface area contributed by atoms with Gasteiger partial charge in [0, 0.05) is 63.0 Å². The molecule has 0 atom stereocenters. The molecule has 0 spiro atoms. The molecule has 2 aliphatic heterocycles. The molecule has 2 saturated heterocycles. The summed E-state index contributed by atoms with van der Waals surface area (Å²) >= 11 is 1.76. The fourth-order valence-corrected chi connectivity index (χ4v) is 5.76. The number of amides is 1. The minimum absolute atomic E-state index is 0.126.